The maximum Gasteiger partial charge on any atom is 0.288 e. The monoisotopic (exact) mass is 424 g/mol. The van der Waals surface area contributed by atoms with Crippen LogP contribution in [0.3, 0.4) is 0 Å². The highest BCUT2D eigenvalue weighted by Crippen LogP contribution is 2.25. The Kier molecular flexibility index (Phi) is 8.34. The standard InChI is InChI=1S/C18H21ClN4O4S/c1-2-3-4-5-9-22(12-16(24)21-18-20-8-10-28-18)17(25)13-6-7-14(19)15(11-13)23(26)27/h6-8,10-11H,2-5,9,12H2,1H3,(H,20,21,24). The molecule has 0 radical (unpaired) electrons. The molecule has 0 saturated carbocycles. The van der Waals surface area contributed by atoms with Crippen LogP contribution >= 0.6 is 22.9 Å². The van der Waals surface area contributed by atoms with Crippen LogP contribution in [0.25, 0.3) is 0 Å². The van der Waals surface area contributed by atoms with E-state index in [9.17, 15) is 19.7 Å². The lowest BCUT2D eigenvalue weighted by molar-refractivity contribution is -0.384. The molecule has 2 amide bonds. The third-order valence-electron chi connectivity index (χ3n) is 3.97. The first-order valence-electron chi connectivity index (χ1n) is 8.85. The zero-order valence-corrected chi connectivity index (χ0v) is 17.0. The highest BCUT2D eigenvalue weighted by molar-refractivity contribution is 7.13. The number of anilines is 1. The first-order valence-corrected chi connectivity index (χ1v) is 10.1. The van der Waals surface area contributed by atoms with Crippen molar-refractivity contribution in [1.29, 1.82) is 0 Å². The van der Waals surface area contributed by atoms with Gasteiger partial charge in [0.05, 0.1) is 4.92 Å². The van der Waals surface area contributed by atoms with Crippen LogP contribution in [0.4, 0.5) is 10.8 Å². The van der Waals surface area contributed by atoms with E-state index in [1.54, 1.807) is 11.6 Å². The summed E-state index contributed by atoms with van der Waals surface area (Å²) >= 11 is 7.10. The quantitative estimate of drug-likeness (QED) is 0.346. The molecule has 1 heterocycles. The third-order valence-corrected chi connectivity index (χ3v) is 4.98. The van der Waals surface area contributed by atoms with Crippen LogP contribution in [-0.4, -0.2) is 39.7 Å². The minimum Gasteiger partial charge on any atom is -0.329 e. The summed E-state index contributed by atoms with van der Waals surface area (Å²) in [5, 5.41) is 15.9. The number of thiazole rings is 1. The van der Waals surface area contributed by atoms with E-state index >= 15 is 0 Å². The zero-order chi connectivity index (χ0) is 20.5. The van der Waals surface area contributed by atoms with Crippen molar-refractivity contribution in [2.75, 3.05) is 18.4 Å². The zero-order valence-electron chi connectivity index (χ0n) is 15.4. The predicted octanol–water partition coefficient (Wildman–Crippen LogP) is 4.37. The summed E-state index contributed by atoms with van der Waals surface area (Å²) < 4.78 is 0. The molecule has 150 valence electrons. The summed E-state index contributed by atoms with van der Waals surface area (Å²) in [7, 11) is 0. The number of carbonyl (C=O) groups is 2. The van der Waals surface area contributed by atoms with Gasteiger partial charge in [-0.15, -0.1) is 11.3 Å². The van der Waals surface area contributed by atoms with Crippen LogP contribution in [0.1, 0.15) is 43.0 Å². The number of amides is 2. The Morgan fingerprint density at radius 3 is 2.75 bits per heavy atom. The van der Waals surface area contributed by atoms with Gasteiger partial charge in [-0.1, -0.05) is 37.8 Å². The molecule has 0 bridgehead atoms. The van der Waals surface area contributed by atoms with E-state index in [0.717, 1.165) is 31.7 Å². The van der Waals surface area contributed by atoms with Crippen LogP contribution in [-0.2, 0) is 4.79 Å². The number of nitro benzene ring substituents is 1. The molecular formula is C18H21ClN4O4S. The number of nitrogens with zero attached hydrogens (tertiary/aromatic N) is 3. The maximum atomic E-state index is 12.9. The van der Waals surface area contributed by atoms with Gasteiger partial charge >= 0.3 is 0 Å². The van der Waals surface area contributed by atoms with Gasteiger partial charge in [0.1, 0.15) is 11.6 Å². The Balaban J connectivity index is 2.14. The van der Waals surface area contributed by atoms with E-state index in [1.807, 2.05) is 0 Å². The normalized spacial score (nSPS) is 10.5. The Labute approximate surface area is 171 Å². The molecule has 2 rings (SSSR count). The molecule has 0 aliphatic rings. The minimum absolute atomic E-state index is 0.0439. The Hall–Kier alpha value is -2.52. The van der Waals surface area contributed by atoms with Gasteiger partial charge in [-0.2, -0.15) is 0 Å². The summed E-state index contributed by atoms with van der Waals surface area (Å²) in [6.07, 6.45) is 5.30. The average Bonchev–Trinajstić information content (AvgIpc) is 3.16. The second kappa shape index (κ2) is 10.7. The Bertz CT molecular complexity index is 829. The number of hydrogen-bond acceptors (Lipinski definition) is 6. The average molecular weight is 425 g/mol. The Morgan fingerprint density at radius 1 is 1.32 bits per heavy atom. The van der Waals surface area contributed by atoms with E-state index in [2.05, 4.69) is 17.2 Å². The SMILES string of the molecule is CCCCCCN(CC(=O)Nc1nccs1)C(=O)c1ccc(Cl)c([N+](=O)[O-])c1. The number of hydrogen-bond donors (Lipinski definition) is 1. The third kappa shape index (κ3) is 6.28. The van der Waals surface area contributed by atoms with Crippen molar-refractivity contribution >= 4 is 45.6 Å². The Morgan fingerprint density at radius 2 is 2.11 bits per heavy atom. The molecule has 0 atom stereocenters. The molecule has 0 saturated heterocycles. The van der Waals surface area contributed by atoms with Crippen molar-refractivity contribution in [3.05, 3.63) is 50.5 Å². The first-order chi connectivity index (χ1) is 13.4. The predicted molar refractivity (Wildman–Crippen MR) is 109 cm³/mol. The highest BCUT2D eigenvalue weighted by Gasteiger charge is 2.22. The van der Waals surface area contributed by atoms with Gasteiger partial charge in [0.15, 0.2) is 5.13 Å². The van der Waals surface area contributed by atoms with Crippen LogP contribution in [0.5, 0.6) is 0 Å². The molecule has 8 nitrogen and oxygen atoms in total. The van der Waals surface area contributed by atoms with Crippen molar-refractivity contribution in [3.8, 4) is 0 Å². The van der Waals surface area contributed by atoms with Crippen LogP contribution in [0.2, 0.25) is 5.02 Å². The van der Waals surface area contributed by atoms with E-state index in [-0.39, 0.29) is 28.7 Å². The second-order valence-corrected chi connectivity index (χ2v) is 7.40. The topological polar surface area (TPSA) is 105 Å². The number of halogens is 1. The molecule has 2 aromatic rings. The number of aromatic nitrogens is 1. The van der Waals surface area contributed by atoms with Gasteiger partial charge in [0, 0.05) is 29.8 Å². The molecule has 1 N–H and O–H groups in total. The van der Waals surface area contributed by atoms with Gasteiger partial charge in [-0.3, -0.25) is 19.7 Å². The fourth-order valence-electron chi connectivity index (χ4n) is 2.57. The smallest absolute Gasteiger partial charge is 0.288 e. The maximum absolute atomic E-state index is 12.9. The van der Waals surface area contributed by atoms with E-state index in [1.165, 1.54) is 28.4 Å². The van der Waals surface area contributed by atoms with Gasteiger partial charge in [-0.25, -0.2) is 4.98 Å². The van der Waals surface area contributed by atoms with Crippen LogP contribution < -0.4 is 5.32 Å². The lowest BCUT2D eigenvalue weighted by Crippen LogP contribution is -2.38. The van der Waals surface area contributed by atoms with E-state index < -0.39 is 10.8 Å². The van der Waals surface area contributed by atoms with Gasteiger partial charge in [0.2, 0.25) is 5.91 Å². The summed E-state index contributed by atoms with van der Waals surface area (Å²) in [5.74, 6) is -0.826. The van der Waals surface area contributed by atoms with Crippen LogP contribution in [0.15, 0.2) is 29.8 Å². The van der Waals surface area contributed by atoms with E-state index in [4.69, 9.17) is 11.6 Å². The molecule has 0 aliphatic carbocycles. The number of benzene rings is 1. The molecule has 10 heteroatoms. The fraction of sp³-hybridized carbons (Fsp3) is 0.389. The van der Waals surface area contributed by atoms with E-state index in [0.29, 0.717) is 11.7 Å². The van der Waals surface area contributed by atoms with Gasteiger partial charge < -0.3 is 10.2 Å². The first kappa shape index (κ1) is 21.8. The molecule has 0 aliphatic heterocycles. The highest BCUT2D eigenvalue weighted by atomic mass is 35.5. The van der Waals surface area contributed by atoms with Crippen molar-refractivity contribution in [1.82, 2.24) is 9.88 Å². The summed E-state index contributed by atoms with van der Waals surface area (Å²) in [6, 6.07) is 3.88. The van der Waals surface area contributed by atoms with Crippen molar-refractivity contribution in [3.63, 3.8) is 0 Å². The number of nitro groups is 1. The molecule has 0 spiro atoms. The lowest BCUT2D eigenvalue weighted by Gasteiger charge is -2.22. The summed E-state index contributed by atoms with van der Waals surface area (Å²) in [4.78, 5) is 41.0. The van der Waals surface area contributed by atoms with Gasteiger partial charge in [0.25, 0.3) is 11.6 Å². The largest absolute Gasteiger partial charge is 0.329 e. The second-order valence-electron chi connectivity index (χ2n) is 6.10. The molecule has 0 unspecified atom stereocenters. The summed E-state index contributed by atoms with van der Waals surface area (Å²) in [6.45, 7) is 2.29. The lowest BCUT2D eigenvalue weighted by atomic mass is 10.1. The minimum atomic E-state index is -0.639. The molecule has 1 aromatic carbocycles. The number of carbonyl (C=O) groups excluding carboxylic acids is 2. The molecule has 28 heavy (non-hydrogen) atoms. The fourth-order valence-corrected chi connectivity index (χ4v) is 3.30. The summed E-state index contributed by atoms with van der Waals surface area (Å²) in [5.41, 5.74) is -0.223. The van der Waals surface area contributed by atoms with Crippen molar-refractivity contribution < 1.29 is 14.5 Å². The number of unbranched alkanes of at least 4 members (excludes halogenated alkanes) is 3. The van der Waals surface area contributed by atoms with Gasteiger partial charge in [-0.05, 0) is 18.6 Å². The number of rotatable bonds is 10. The molecule has 1 aromatic heterocycles. The number of nitrogens with one attached hydrogen (secondary N) is 1. The van der Waals surface area contributed by atoms with Crippen molar-refractivity contribution in [2.45, 2.75) is 32.6 Å². The van der Waals surface area contributed by atoms with Crippen LogP contribution in [0, 0.1) is 10.1 Å². The molecular weight excluding hydrogens is 404 g/mol. The molecule has 0 fully saturated rings. The van der Waals surface area contributed by atoms with Crippen molar-refractivity contribution in [2.24, 2.45) is 0 Å².